The minimum Gasteiger partial charge on any atom is -0.462 e. The van der Waals surface area contributed by atoms with Crippen molar-refractivity contribution < 1.29 is 37.4 Å². The van der Waals surface area contributed by atoms with Gasteiger partial charge in [0.1, 0.15) is 24.1 Å². The van der Waals surface area contributed by atoms with Crippen LogP contribution in [-0.4, -0.2) is 51.6 Å². The van der Waals surface area contributed by atoms with Crippen LogP contribution in [0.1, 0.15) is 33.4 Å². The van der Waals surface area contributed by atoms with Gasteiger partial charge in [-0.1, -0.05) is 18.2 Å². The Morgan fingerprint density at radius 1 is 1.31 bits per heavy atom. The van der Waals surface area contributed by atoms with E-state index in [9.17, 15) is 28.4 Å². The normalized spacial score (nSPS) is 22.5. The lowest BCUT2D eigenvalue weighted by atomic mass is 10.2. The molecular formula is C21H27FN3O9P. The fraction of sp³-hybridized carbons (Fsp3) is 0.476. The molecule has 3 N–H and O–H groups in total. The van der Waals surface area contributed by atoms with Crippen molar-refractivity contribution in [2.45, 2.75) is 57.8 Å². The van der Waals surface area contributed by atoms with Crippen molar-refractivity contribution in [3.8, 4) is 5.75 Å². The number of aliphatic hydroxyl groups excluding tert-OH is 1. The van der Waals surface area contributed by atoms with E-state index in [1.807, 2.05) is 4.98 Å². The highest BCUT2D eigenvalue weighted by Gasteiger charge is 2.39. The minimum atomic E-state index is -4.21. The summed E-state index contributed by atoms with van der Waals surface area (Å²) in [4.78, 5) is 37.3. The van der Waals surface area contributed by atoms with E-state index >= 15 is 0 Å². The molecule has 14 heteroatoms. The maximum Gasteiger partial charge on any atom is 0.459 e. The molecule has 0 aliphatic carbocycles. The van der Waals surface area contributed by atoms with Gasteiger partial charge >= 0.3 is 19.4 Å². The molecule has 1 aromatic heterocycles. The second kappa shape index (κ2) is 11.3. The maximum absolute atomic E-state index is 13.6. The molecule has 1 aromatic carbocycles. The smallest absolute Gasteiger partial charge is 0.459 e. The van der Waals surface area contributed by atoms with Gasteiger partial charge in [-0.25, -0.2) is 9.36 Å². The van der Waals surface area contributed by atoms with E-state index in [4.69, 9.17) is 18.5 Å². The van der Waals surface area contributed by atoms with Gasteiger partial charge in [-0.05, 0) is 32.9 Å². The van der Waals surface area contributed by atoms with Crippen molar-refractivity contribution in [1.29, 1.82) is 0 Å². The van der Waals surface area contributed by atoms with Crippen molar-refractivity contribution >= 4 is 13.7 Å². The Morgan fingerprint density at radius 2 is 2.00 bits per heavy atom. The van der Waals surface area contributed by atoms with E-state index in [1.165, 1.54) is 19.1 Å². The van der Waals surface area contributed by atoms with Crippen molar-refractivity contribution in [2.24, 2.45) is 0 Å². The van der Waals surface area contributed by atoms with Gasteiger partial charge in [0.2, 0.25) is 5.82 Å². The molecule has 3 rings (SSSR count). The average molecular weight is 515 g/mol. The molecular weight excluding hydrogens is 488 g/mol. The Kier molecular flexibility index (Phi) is 8.62. The first-order valence-electron chi connectivity index (χ1n) is 10.8. The van der Waals surface area contributed by atoms with Gasteiger partial charge in [0.25, 0.3) is 5.56 Å². The average Bonchev–Trinajstić information content (AvgIpc) is 3.15. The number of benzene rings is 1. The molecule has 5 atom stereocenters. The number of para-hydroxylation sites is 1. The van der Waals surface area contributed by atoms with Crippen LogP contribution in [0.5, 0.6) is 5.75 Å². The summed E-state index contributed by atoms with van der Waals surface area (Å²) in [6, 6.07) is 7.00. The molecule has 1 fully saturated rings. The molecule has 35 heavy (non-hydrogen) atoms. The summed E-state index contributed by atoms with van der Waals surface area (Å²) in [5.41, 5.74) is -2.10. The molecule has 0 spiro atoms. The van der Waals surface area contributed by atoms with Gasteiger partial charge in [-0.15, -0.1) is 0 Å². The van der Waals surface area contributed by atoms with E-state index in [1.54, 1.807) is 32.0 Å². The van der Waals surface area contributed by atoms with Crippen LogP contribution >= 0.6 is 7.75 Å². The molecule has 0 saturated carbocycles. The number of carbonyl (C=O) groups excluding carboxylic acids is 1. The van der Waals surface area contributed by atoms with Gasteiger partial charge < -0.3 is 19.1 Å². The first kappa shape index (κ1) is 26.8. The van der Waals surface area contributed by atoms with Gasteiger partial charge in [0.05, 0.1) is 25.0 Å². The van der Waals surface area contributed by atoms with Crippen molar-refractivity contribution in [2.75, 3.05) is 6.61 Å². The Hall–Kier alpha value is -2.83. The second-order valence-corrected chi connectivity index (χ2v) is 9.80. The SMILES string of the molecule is CC(C)OC(=O)[C@H](C)NP(=O)(OC[C@H]1O[C@@H](n2cc(F)c(=O)[nH]c2=O)C[C@H]1O)Oc1ccccc1. The summed E-state index contributed by atoms with van der Waals surface area (Å²) in [7, 11) is -4.21. The van der Waals surface area contributed by atoms with Gasteiger partial charge in [0.15, 0.2) is 0 Å². The molecule has 1 aliphatic rings. The number of esters is 1. The number of rotatable bonds is 10. The lowest BCUT2D eigenvalue weighted by Crippen LogP contribution is -2.37. The third-order valence-electron chi connectivity index (χ3n) is 4.87. The zero-order valence-electron chi connectivity index (χ0n) is 19.3. The molecule has 0 radical (unpaired) electrons. The number of hydrogen-bond donors (Lipinski definition) is 3. The monoisotopic (exact) mass is 515 g/mol. The van der Waals surface area contributed by atoms with E-state index in [-0.39, 0.29) is 12.2 Å². The number of aliphatic hydroxyl groups is 1. The van der Waals surface area contributed by atoms with Crippen LogP contribution in [0.4, 0.5) is 4.39 Å². The summed E-state index contributed by atoms with van der Waals surface area (Å²) < 4.78 is 49.6. The fourth-order valence-corrected chi connectivity index (χ4v) is 4.72. The number of ether oxygens (including phenoxy) is 2. The summed E-state index contributed by atoms with van der Waals surface area (Å²) in [5.74, 6) is -1.69. The first-order valence-corrected chi connectivity index (χ1v) is 12.3. The number of carbonyl (C=O) groups is 1. The zero-order valence-corrected chi connectivity index (χ0v) is 20.1. The van der Waals surface area contributed by atoms with Gasteiger partial charge in [0, 0.05) is 6.42 Å². The number of aromatic amines is 1. The second-order valence-electron chi connectivity index (χ2n) is 8.11. The molecule has 0 bridgehead atoms. The lowest BCUT2D eigenvalue weighted by molar-refractivity contribution is -0.149. The van der Waals surface area contributed by atoms with Crippen molar-refractivity contribution in [3.63, 3.8) is 0 Å². The topological polar surface area (TPSA) is 158 Å². The highest BCUT2D eigenvalue weighted by molar-refractivity contribution is 7.52. The first-order chi connectivity index (χ1) is 16.5. The summed E-state index contributed by atoms with van der Waals surface area (Å²) in [6.45, 7) is 4.27. The molecule has 1 saturated heterocycles. The van der Waals surface area contributed by atoms with E-state index in [0.717, 1.165) is 4.57 Å². The Bertz CT molecular complexity index is 1190. The zero-order chi connectivity index (χ0) is 25.8. The molecule has 1 aliphatic heterocycles. The van der Waals surface area contributed by atoms with Crippen LogP contribution in [0.25, 0.3) is 0 Å². The van der Waals surface area contributed by atoms with E-state index in [0.29, 0.717) is 6.20 Å². The number of nitrogens with zero attached hydrogens (tertiary/aromatic N) is 1. The molecule has 2 heterocycles. The predicted octanol–water partition coefficient (Wildman–Crippen LogP) is 1.46. The number of H-pyrrole nitrogens is 1. The van der Waals surface area contributed by atoms with Crippen LogP contribution < -0.4 is 20.9 Å². The molecule has 0 amide bonds. The maximum atomic E-state index is 13.6. The quantitative estimate of drug-likeness (QED) is 0.312. The summed E-state index contributed by atoms with van der Waals surface area (Å²) in [6.07, 6.45) is -3.24. The third-order valence-corrected chi connectivity index (χ3v) is 6.52. The fourth-order valence-electron chi connectivity index (χ4n) is 3.22. The van der Waals surface area contributed by atoms with Gasteiger partial charge in [-0.3, -0.25) is 23.7 Å². The van der Waals surface area contributed by atoms with E-state index in [2.05, 4.69) is 5.09 Å². The van der Waals surface area contributed by atoms with Crippen LogP contribution in [0.15, 0.2) is 46.1 Å². The van der Waals surface area contributed by atoms with Crippen molar-refractivity contribution in [1.82, 2.24) is 14.6 Å². The Labute approximate surface area is 199 Å². The Morgan fingerprint density at radius 3 is 2.66 bits per heavy atom. The largest absolute Gasteiger partial charge is 0.462 e. The van der Waals surface area contributed by atoms with Crippen LogP contribution in [0.2, 0.25) is 0 Å². The Balaban J connectivity index is 1.73. The van der Waals surface area contributed by atoms with Crippen molar-refractivity contribution in [3.05, 3.63) is 63.2 Å². The van der Waals surface area contributed by atoms with Crippen LogP contribution in [0.3, 0.4) is 0 Å². The van der Waals surface area contributed by atoms with Crippen LogP contribution in [-0.2, 0) is 23.4 Å². The number of nitrogens with one attached hydrogen (secondary N) is 2. The summed E-state index contributed by atoms with van der Waals surface area (Å²) in [5, 5.41) is 12.9. The van der Waals surface area contributed by atoms with E-state index < -0.39 is 68.0 Å². The highest BCUT2D eigenvalue weighted by Crippen LogP contribution is 2.45. The highest BCUT2D eigenvalue weighted by atomic mass is 31.2. The van der Waals surface area contributed by atoms with Crippen LogP contribution in [0, 0.1) is 5.82 Å². The molecule has 2 aromatic rings. The number of halogens is 1. The summed E-state index contributed by atoms with van der Waals surface area (Å²) >= 11 is 0. The molecule has 1 unspecified atom stereocenters. The standard InChI is InChI=1S/C21H27FN3O9P/c1-12(2)32-20(28)13(3)24-35(30,34-14-7-5-4-6-8-14)31-11-17-16(26)9-18(33-17)25-10-15(22)19(27)23-21(25)29/h4-8,10,12-13,16-18,26H,9,11H2,1-3H3,(H,24,30)(H,23,27,29)/t13-,16+,17+,18+,35?/m0/s1. The minimum absolute atomic E-state index is 0.131. The molecule has 12 nitrogen and oxygen atoms in total. The predicted molar refractivity (Wildman–Crippen MR) is 120 cm³/mol. The number of aromatic nitrogens is 2. The number of hydrogen-bond acceptors (Lipinski definition) is 9. The van der Waals surface area contributed by atoms with Gasteiger partial charge in [-0.2, -0.15) is 9.48 Å². The lowest BCUT2D eigenvalue weighted by Gasteiger charge is -2.25. The molecule has 192 valence electrons. The third kappa shape index (κ3) is 7.09.